The van der Waals surface area contributed by atoms with E-state index in [1.165, 1.54) is 6.20 Å². The van der Waals surface area contributed by atoms with Crippen molar-refractivity contribution in [2.24, 2.45) is 0 Å². The van der Waals surface area contributed by atoms with Gasteiger partial charge < -0.3 is 5.32 Å². The fourth-order valence-electron chi connectivity index (χ4n) is 1.21. The van der Waals surface area contributed by atoms with Crippen molar-refractivity contribution < 1.29 is 0 Å². The van der Waals surface area contributed by atoms with Gasteiger partial charge >= 0.3 is 0 Å². The monoisotopic (exact) mass is 246 g/mol. The standard InChI is InChI=1S/C11H7ClN4O/c12-9-6-14-11(16-10(9)17)15-8-3-1-7(5-13)2-4-8/h1-4,6H,(H2,14,15,16,17). The fourth-order valence-corrected chi connectivity index (χ4v) is 1.30. The van der Waals surface area contributed by atoms with Crippen LogP contribution in [-0.4, -0.2) is 9.97 Å². The van der Waals surface area contributed by atoms with Crippen LogP contribution in [0.2, 0.25) is 5.02 Å². The highest BCUT2D eigenvalue weighted by Gasteiger charge is 2.00. The quantitative estimate of drug-likeness (QED) is 0.850. The number of benzene rings is 1. The molecule has 2 rings (SSSR count). The largest absolute Gasteiger partial charge is 0.326 e. The summed E-state index contributed by atoms with van der Waals surface area (Å²) in [4.78, 5) is 17.6. The number of hydrogen-bond acceptors (Lipinski definition) is 4. The van der Waals surface area contributed by atoms with Gasteiger partial charge in [-0.2, -0.15) is 5.26 Å². The van der Waals surface area contributed by atoms with Crippen LogP contribution in [0.15, 0.2) is 35.3 Å². The van der Waals surface area contributed by atoms with Crippen LogP contribution >= 0.6 is 11.6 Å². The molecule has 1 aromatic heterocycles. The summed E-state index contributed by atoms with van der Waals surface area (Å²) in [5.74, 6) is 0.295. The Labute approximate surface area is 102 Å². The van der Waals surface area contributed by atoms with Crippen molar-refractivity contribution in [3.8, 4) is 6.07 Å². The third kappa shape index (κ3) is 2.62. The number of nitriles is 1. The second kappa shape index (κ2) is 4.68. The minimum atomic E-state index is -0.405. The summed E-state index contributed by atoms with van der Waals surface area (Å²) in [6.45, 7) is 0. The lowest BCUT2D eigenvalue weighted by Gasteiger charge is -2.04. The molecule has 0 atom stereocenters. The molecule has 0 bridgehead atoms. The number of anilines is 2. The third-order valence-electron chi connectivity index (χ3n) is 2.03. The summed E-state index contributed by atoms with van der Waals surface area (Å²) in [6.07, 6.45) is 1.27. The van der Waals surface area contributed by atoms with E-state index in [2.05, 4.69) is 15.3 Å². The predicted molar refractivity (Wildman–Crippen MR) is 64.3 cm³/mol. The number of nitrogens with zero attached hydrogens (tertiary/aromatic N) is 2. The number of aromatic nitrogens is 2. The van der Waals surface area contributed by atoms with Crippen LogP contribution in [0.4, 0.5) is 11.6 Å². The average Bonchev–Trinajstić information content (AvgIpc) is 2.35. The molecule has 0 spiro atoms. The lowest BCUT2D eigenvalue weighted by molar-refractivity contribution is 1.12. The first-order chi connectivity index (χ1) is 8.19. The van der Waals surface area contributed by atoms with Crippen molar-refractivity contribution in [2.75, 3.05) is 5.32 Å². The van der Waals surface area contributed by atoms with Crippen molar-refractivity contribution in [3.05, 3.63) is 51.4 Å². The summed E-state index contributed by atoms with van der Waals surface area (Å²) < 4.78 is 0. The van der Waals surface area contributed by atoms with Gasteiger partial charge in [-0.05, 0) is 24.3 Å². The van der Waals surface area contributed by atoms with Crippen molar-refractivity contribution >= 4 is 23.2 Å². The number of halogens is 1. The van der Waals surface area contributed by atoms with Gasteiger partial charge in [0, 0.05) is 5.69 Å². The normalized spacial score (nSPS) is 9.65. The highest BCUT2D eigenvalue weighted by molar-refractivity contribution is 6.30. The minimum absolute atomic E-state index is 0.0374. The molecule has 0 unspecified atom stereocenters. The molecule has 6 heteroatoms. The zero-order valence-electron chi connectivity index (χ0n) is 8.57. The van der Waals surface area contributed by atoms with E-state index < -0.39 is 5.56 Å². The van der Waals surface area contributed by atoms with E-state index in [9.17, 15) is 4.79 Å². The van der Waals surface area contributed by atoms with Crippen molar-refractivity contribution in [1.82, 2.24) is 9.97 Å². The molecule has 0 amide bonds. The first kappa shape index (κ1) is 11.2. The third-order valence-corrected chi connectivity index (χ3v) is 2.30. The second-order valence-electron chi connectivity index (χ2n) is 3.22. The van der Waals surface area contributed by atoms with Gasteiger partial charge in [0.1, 0.15) is 5.02 Å². The van der Waals surface area contributed by atoms with E-state index >= 15 is 0 Å². The number of aromatic amines is 1. The molecule has 0 aliphatic carbocycles. The molecule has 1 aromatic carbocycles. The Kier molecular flexibility index (Phi) is 3.08. The molecule has 0 saturated carbocycles. The van der Waals surface area contributed by atoms with Crippen LogP contribution in [-0.2, 0) is 0 Å². The molecule has 2 aromatic rings. The van der Waals surface area contributed by atoms with E-state index in [1.54, 1.807) is 24.3 Å². The Morgan fingerprint density at radius 3 is 2.65 bits per heavy atom. The van der Waals surface area contributed by atoms with Crippen molar-refractivity contribution in [2.45, 2.75) is 0 Å². The zero-order valence-corrected chi connectivity index (χ0v) is 9.32. The molecule has 17 heavy (non-hydrogen) atoms. The lowest BCUT2D eigenvalue weighted by atomic mass is 10.2. The van der Waals surface area contributed by atoms with Crippen LogP contribution in [0.25, 0.3) is 0 Å². The molecule has 0 radical (unpaired) electrons. The lowest BCUT2D eigenvalue weighted by Crippen LogP contribution is -2.10. The topological polar surface area (TPSA) is 81.6 Å². The maximum atomic E-state index is 11.2. The predicted octanol–water partition coefficient (Wildman–Crippen LogP) is 2.04. The molecular formula is C11H7ClN4O. The van der Waals surface area contributed by atoms with Crippen LogP contribution in [0.5, 0.6) is 0 Å². The van der Waals surface area contributed by atoms with Crippen LogP contribution in [0.1, 0.15) is 5.56 Å². The summed E-state index contributed by atoms with van der Waals surface area (Å²) in [5, 5.41) is 11.6. The van der Waals surface area contributed by atoms with E-state index in [-0.39, 0.29) is 5.02 Å². The van der Waals surface area contributed by atoms with Gasteiger partial charge in [-0.3, -0.25) is 9.78 Å². The number of rotatable bonds is 2. The number of hydrogen-bond donors (Lipinski definition) is 2. The summed E-state index contributed by atoms with van der Waals surface area (Å²) >= 11 is 5.55. The van der Waals surface area contributed by atoms with E-state index in [0.29, 0.717) is 11.5 Å². The summed E-state index contributed by atoms with van der Waals surface area (Å²) in [7, 11) is 0. The van der Waals surface area contributed by atoms with Gasteiger partial charge in [-0.15, -0.1) is 0 Å². The Morgan fingerprint density at radius 2 is 2.06 bits per heavy atom. The Hall–Kier alpha value is -2.32. The number of H-pyrrole nitrogens is 1. The number of nitrogens with one attached hydrogen (secondary N) is 2. The second-order valence-corrected chi connectivity index (χ2v) is 3.63. The molecule has 2 N–H and O–H groups in total. The highest BCUT2D eigenvalue weighted by Crippen LogP contribution is 2.12. The zero-order chi connectivity index (χ0) is 12.3. The molecule has 84 valence electrons. The average molecular weight is 247 g/mol. The molecule has 5 nitrogen and oxygen atoms in total. The Bertz CT molecular complexity index is 627. The van der Waals surface area contributed by atoms with E-state index in [1.807, 2.05) is 6.07 Å². The molecule has 0 aliphatic rings. The smallest absolute Gasteiger partial charge is 0.271 e. The van der Waals surface area contributed by atoms with Crippen LogP contribution in [0.3, 0.4) is 0 Å². The van der Waals surface area contributed by atoms with E-state index in [4.69, 9.17) is 16.9 Å². The Balaban J connectivity index is 2.23. The van der Waals surface area contributed by atoms with Gasteiger partial charge in [0.25, 0.3) is 5.56 Å². The first-order valence-corrected chi connectivity index (χ1v) is 5.09. The van der Waals surface area contributed by atoms with E-state index in [0.717, 1.165) is 5.69 Å². The van der Waals surface area contributed by atoms with Gasteiger partial charge in [0.2, 0.25) is 5.95 Å². The fraction of sp³-hybridized carbons (Fsp3) is 0. The molecular weight excluding hydrogens is 240 g/mol. The van der Waals surface area contributed by atoms with Gasteiger partial charge in [0.15, 0.2) is 0 Å². The summed E-state index contributed by atoms with van der Waals surface area (Å²) in [5.41, 5.74) is 0.875. The van der Waals surface area contributed by atoms with Gasteiger partial charge in [0.05, 0.1) is 17.8 Å². The molecule has 0 saturated heterocycles. The first-order valence-electron chi connectivity index (χ1n) is 4.71. The Morgan fingerprint density at radius 1 is 1.35 bits per heavy atom. The van der Waals surface area contributed by atoms with Gasteiger partial charge in [-0.25, -0.2) is 4.98 Å². The highest BCUT2D eigenvalue weighted by atomic mass is 35.5. The maximum Gasteiger partial charge on any atom is 0.271 e. The van der Waals surface area contributed by atoms with Crippen LogP contribution in [0, 0.1) is 11.3 Å². The molecule has 1 heterocycles. The van der Waals surface area contributed by atoms with Crippen molar-refractivity contribution in [1.29, 1.82) is 5.26 Å². The van der Waals surface area contributed by atoms with Crippen molar-refractivity contribution in [3.63, 3.8) is 0 Å². The molecule has 0 aliphatic heterocycles. The summed E-state index contributed by atoms with van der Waals surface area (Å²) in [6, 6.07) is 8.77. The SMILES string of the molecule is N#Cc1ccc(Nc2ncc(Cl)c(=O)[nH]2)cc1. The van der Waals surface area contributed by atoms with Crippen LogP contribution < -0.4 is 10.9 Å². The van der Waals surface area contributed by atoms with Gasteiger partial charge in [-0.1, -0.05) is 11.6 Å². The maximum absolute atomic E-state index is 11.2. The molecule has 0 fully saturated rings. The minimum Gasteiger partial charge on any atom is -0.326 e.